The molecule has 8 heteroatoms. The molecule has 0 atom stereocenters. The first kappa shape index (κ1) is 21.6. The van der Waals surface area contributed by atoms with Crippen LogP contribution in [0.1, 0.15) is 56.6 Å². The maximum atomic E-state index is 13.6. The van der Waals surface area contributed by atoms with Crippen LogP contribution in [-0.4, -0.2) is 43.6 Å². The van der Waals surface area contributed by atoms with Crippen LogP contribution in [0.2, 0.25) is 0 Å². The third kappa shape index (κ3) is 3.88. The van der Waals surface area contributed by atoms with Gasteiger partial charge in [-0.1, -0.05) is 49.8 Å². The summed E-state index contributed by atoms with van der Waals surface area (Å²) in [6, 6.07) is 4.04. The Morgan fingerprint density at radius 3 is 2.56 bits per heavy atom. The summed E-state index contributed by atoms with van der Waals surface area (Å²) in [6.07, 6.45) is 9.95. The summed E-state index contributed by atoms with van der Waals surface area (Å²) >= 11 is 6.87. The van der Waals surface area contributed by atoms with Crippen LogP contribution in [0.3, 0.4) is 0 Å². The average molecular weight is 469 g/mol. The molecule has 6 nitrogen and oxygen atoms in total. The fraction of sp³-hybridized carbons (Fsp3) is 0.500. The van der Waals surface area contributed by atoms with Gasteiger partial charge in [-0.3, -0.25) is 18.9 Å². The highest BCUT2D eigenvalue weighted by Crippen LogP contribution is 2.38. The van der Waals surface area contributed by atoms with Crippen LogP contribution in [0.15, 0.2) is 28.0 Å². The molecular formula is C24H28N4O2S2. The van der Waals surface area contributed by atoms with Crippen molar-refractivity contribution in [1.82, 2.24) is 14.3 Å². The summed E-state index contributed by atoms with van der Waals surface area (Å²) in [5, 5.41) is 0. The number of piperidine rings is 1. The van der Waals surface area contributed by atoms with E-state index in [2.05, 4.69) is 11.8 Å². The van der Waals surface area contributed by atoms with Crippen LogP contribution in [0, 0.1) is 12.8 Å². The number of aromatic nitrogens is 2. The standard InChI is InChI=1S/C24H28N4O2S2/c1-15-9-11-26(12-10-15)21-18(22(29)27-14-16(2)7-8-20(27)25-21)13-19-23(30)28(24(31)32-19)17-5-3-4-6-17/h7-8,13-15,17H,3-6,9-12H2,1-2H3/b19-13+. The minimum atomic E-state index is -0.140. The Labute approximate surface area is 197 Å². The number of pyridine rings is 1. The van der Waals surface area contributed by atoms with Gasteiger partial charge in [0.05, 0.1) is 10.5 Å². The quantitative estimate of drug-likeness (QED) is 0.492. The van der Waals surface area contributed by atoms with E-state index in [1.165, 1.54) is 11.8 Å². The Balaban J connectivity index is 1.61. The Morgan fingerprint density at radius 2 is 1.84 bits per heavy atom. The van der Waals surface area contributed by atoms with Gasteiger partial charge in [-0.2, -0.15) is 0 Å². The lowest BCUT2D eigenvalue weighted by atomic mass is 9.99. The average Bonchev–Trinajstić information content (AvgIpc) is 3.39. The number of hydrogen-bond donors (Lipinski definition) is 0. The lowest BCUT2D eigenvalue weighted by Crippen LogP contribution is -2.37. The first-order valence-electron chi connectivity index (χ1n) is 11.5. The number of nitrogens with zero attached hydrogens (tertiary/aromatic N) is 4. The topological polar surface area (TPSA) is 57.9 Å². The molecule has 4 heterocycles. The first-order chi connectivity index (χ1) is 15.4. The molecule has 1 saturated carbocycles. The second-order valence-electron chi connectivity index (χ2n) is 9.25. The maximum Gasteiger partial charge on any atom is 0.267 e. The minimum absolute atomic E-state index is 0.0705. The molecule has 32 heavy (non-hydrogen) atoms. The Kier molecular flexibility index (Phi) is 5.84. The monoisotopic (exact) mass is 468 g/mol. The zero-order valence-corrected chi connectivity index (χ0v) is 20.2. The molecule has 3 fully saturated rings. The number of fused-ring (bicyclic) bond motifs is 1. The SMILES string of the molecule is Cc1ccc2nc(N3CCC(C)CC3)c(/C=C3/SC(=S)N(C4CCCC4)C3=O)c(=O)n2c1. The third-order valence-corrected chi connectivity index (χ3v) is 8.19. The first-order valence-corrected chi connectivity index (χ1v) is 12.7. The Hall–Kier alpha value is -2.19. The van der Waals surface area contributed by atoms with E-state index in [4.69, 9.17) is 17.2 Å². The van der Waals surface area contributed by atoms with Gasteiger partial charge < -0.3 is 4.90 Å². The van der Waals surface area contributed by atoms with Gasteiger partial charge in [-0.05, 0) is 56.2 Å². The van der Waals surface area contributed by atoms with Crippen molar-refractivity contribution in [3.05, 3.63) is 44.7 Å². The zero-order chi connectivity index (χ0) is 22.4. The number of carbonyl (C=O) groups is 1. The fourth-order valence-corrected chi connectivity index (χ4v) is 6.31. The van der Waals surface area contributed by atoms with Gasteiger partial charge >= 0.3 is 0 Å². The lowest BCUT2D eigenvalue weighted by molar-refractivity contribution is -0.123. The number of carbonyl (C=O) groups excluding carboxylic acids is 1. The van der Waals surface area contributed by atoms with E-state index < -0.39 is 0 Å². The van der Waals surface area contributed by atoms with Gasteiger partial charge in [-0.15, -0.1) is 0 Å². The molecule has 2 aliphatic heterocycles. The van der Waals surface area contributed by atoms with Crippen LogP contribution >= 0.6 is 24.0 Å². The number of amides is 1. The Morgan fingerprint density at radius 1 is 1.12 bits per heavy atom. The zero-order valence-electron chi connectivity index (χ0n) is 18.5. The number of hydrogen-bond acceptors (Lipinski definition) is 6. The van der Waals surface area contributed by atoms with Crippen molar-refractivity contribution in [2.45, 2.75) is 58.4 Å². The number of rotatable bonds is 3. The van der Waals surface area contributed by atoms with Gasteiger partial charge in [-0.25, -0.2) is 4.98 Å². The highest BCUT2D eigenvalue weighted by atomic mass is 32.2. The van der Waals surface area contributed by atoms with E-state index in [-0.39, 0.29) is 17.5 Å². The van der Waals surface area contributed by atoms with Crippen LogP contribution in [0.5, 0.6) is 0 Å². The van der Waals surface area contributed by atoms with Gasteiger partial charge in [0.25, 0.3) is 11.5 Å². The van der Waals surface area contributed by atoms with Crippen LogP contribution in [-0.2, 0) is 4.79 Å². The third-order valence-electron chi connectivity index (χ3n) is 6.86. The molecule has 0 aromatic carbocycles. The number of thioether (sulfide) groups is 1. The minimum Gasteiger partial charge on any atom is -0.356 e. The van der Waals surface area contributed by atoms with E-state index in [0.717, 1.165) is 57.2 Å². The predicted molar refractivity (Wildman–Crippen MR) is 134 cm³/mol. The van der Waals surface area contributed by atoms with Gasteiger partial charge in [0, 0.05) is 25.3 Å². The molecule has 0 N–H and O–H groups in total. The normalized spacial score (nSPS) is 22.1. The van der Waals surface area contributed by atoms with Crippen molar-refractivity contribution in [2.75, 3.05) is 18.0 Å². The second kappa shape index (κ2) is 8.63. The van der Waals surface area contributed by atoms with E-state index in [1.54, 1.807) is 15.4 Å². The smallest absolute Gasteiger partial charge is 0.267 e. The number of thiocarbonyl (C=S) groups is 1. The summed E-state index contributed by atoms with van der Waals surface area (Å²) in [5.41, 5.74) is 1.96. The summed E-state index contributed by atoms with van der Waals surface area (Å²) in [6.45, 7) is 5.94. The van der Waals surface area contributed by atoms with Crippen molar-refractivity contribution in [3.8, 4) is 0 Å². The van der Waals surface area contributed by atoms with Crippen molar-refractivity contribution >= 4 is 51.7 Å². The van der Waals surface area contributed by atoms with Crippen LogP contribution in [0.25, 0.3) is 11.7 Å². The molecular weight excluding hydrogens is 440 g/mol. The molecule has 2 saturated heterocycles. The van der Waals surface area contributed by atoms with Crippen molar-refractivity contribution in [1.29, 1.82) is 0 Å². The summed E-state index contributed by atoms with van der Waals surface area (Å²) in [4.78, 5) is 36.3. The Bertz CT molecular complexity index is 1170. The van der Waals surface area contributed by atoms with Crippen molar-refractivity contribution in [2.24, 2.45) is 5.92 Å². The largest absolute Gasteiger partial charge is 0.356 e. The van der Waals surface area contributed by atoms with Gasteiger partial charge in [0.2, 0.25) is 0 Å². The molecule has 0 radical (unpaired) electrons. The fourth-order valence-electron chi connectivity index (χ4n) is 4.92. The van der Waals surface area contributed by atoms with E-state index in [9.17, 15) is 9.59 Å². The molecule has 5 rings (SSSR count). The number of aryl methyl sites for hydroxylation is 1. The van der Waals surface area contributed by atoms with Crippen molar-refractivity contribution < 1.29 is 4.79 Å². The van der Waals surface area contributed by atoms with Crippen molar-refractivity contribution in [3.63, 3.8) is 0 Å². The van der Waals surface area contributed by atoms with E-state index >= 15 is 0 Å². The van der Waals surface area contributed by atoms with Crippen LogP contribution in [0.4, 0.5) is 5.82 Å². The van der Waals surface area contributed by atoms with E-state index in [0.29, 0.717) is 32.2 Å². The molecule has 2 aromatic rings. The molecule has 1 aliphatic carbocycles. The second-order valence-corrected chi connectivity index (χ2v) is 10.9. The molecule has 168 valence electrons. The van der Waals surface area contributed by atoms with Gasteiger partial charge in [0.1, 0.15) is 15.8 Å². The maximum absolute atomic E-state index is 13.6. The van der Waals surface area contributed by atoms with Gasteiger partial charge in [0.15, 0.2) is 0 Å². The lowest BCUT2D eigenvalue weighted by Gasteiger charge is -2.32. The molecule has 0 unspecified atom stereocenters. The summed E-state index contributed by atoms with van der Waals surface area (Å²) < 4.78 is 2.20. The van der Waals surface area contributed by atoms with E-state index in [1.807, 2.05) is 25.3 Å². The highest BCUT2D eigenvalue weighted by molar-refractivity contribution is 8.26. The summed E-state index contributed by atoms with van der Waals surface area (Å²) in [5.74, 6) is 1.28. The molecule has 0 bridgehead atoms. The highest BCUT2D eigenvalue weighted by Gasteiger charge is 2.38. The predicted octanol–water partition coefficient (Wildman–Crippen LogP) is 4.38. The van der Waals surface area contributed by atoms with Crippen LogP contribution < -0.4 is 10.5 Å². The molecule has 2 aromatic heterocycles. The molecule has 3 aliphatic rings. The molecule has 1 amide bonds. The molecule has 0 spiro atoms. The summed E-state index contributed by atoms with van der Waals surface area (Å²) in [7, 11) is 0. The number of anilines is 1.